The van der Waals surface area contributed by atoms with Gasteiger partial charge in [0.1, 0.15) is 0 Å². The average Bonchev–Trinajstić information content (AvgIpc) is 3.27. The van der Waals surface area contributed by atoms with Gasteiger partial charge in [-0.25, -0.2) is 4.98 Å². The van der Waals surface area contributed by atoms with Crippen molar-refractivity contribution in [3.05, 3.63) is 46.0 Å². The SMILES string of the molecule is Cc1ccc2c(c1)C(=O)N(CCCC(=O)Nc1nc(CN3CCC(C)CC3)cs1)C2=O. The Bertz CT molecular complexity index is 994. The number of hydrogen-bond donors (Lipinski definition) is 1. The molecule has 1 saturated heterocycles. The zero-order valence-electron chi connectivity index (χ0n) is 18.0. The topological polar surface area (TPSA) is 82.6 Å². The van der Waals surface area contributed by atoms with E-state index in [0.717, 1.165) is 36.8 Å². The number of likely N-dealkylation sites (tertiary alicyclic amines) is 1. The highest BCUT2D eigenvalue weighted by Crippen LogP contribution is 2.24. The summed E-state index contributed by atoms with van der Waals surface area (Å²) in [7, 11) is 0. The van der Waals surface area contributed by atoms with Crippen LogP contribution in [0.15, 0.2) is 23.6 Å². The molecule has 0 saturated carbocycles. The number of thiazole rings is 1. The van der Waals surface area contributed by atoms with E-state index in [-0.39, 0.29) is 30.7 Å². The largest absolute Gasteiger partial charge is 0.302 e. The van der Waals surface area contributed by atoms with Crippen molar-refractivity contribution in [3.63, 3.8) is 0 Å². The van der Waals surface area contributed by atoms with Gasteiger partial charge in [-0.3, -0.25) is 24.2 Å². The molecule has 1 aromatic carbocycles. The van der Waals surface area contributed by atoms with Crippen LogP contribution in [0.5, 0.6) is 0 Å². The summed E-state index contributed by atoms with van der Waals surface area (Å²) < 4.78 is 0. The third-order valence-electron chi connectivity index (χ3n) is 5.97. The third kappa shape index (κ3) is 5.02. The molecule has 2 aliphatic rings. The van der Waals surface area contributed by atoms with Gasteiger partial charge in [0.05, 0.1) is 16.8 Å². The van der Waals surface area contributed by atoms with Crippen molar-refractivity contribution in [2.75, 3.05) is 25.0 Å². The molecule has 4 rings (SSSR count). The van der Waals surface area contributed by atoms with Gasteiger partial charge in [-0.2, -0.15) is 0 Å². The molecule has 1 fully saturated rings. The number of nitrogens with zero attached hydrogens (tertiary/aromatic N) is 3. The molecule has 164 valence electrons. The van der Waals surface area contributed by atoms with Crippen LogP contribution in [0.25, 0.3) is 0 Å². The highest BCUT2D eigenvalue weighted by Gasteiger charge is 2.35. The Kier molecular flexibility index (Phi) is 6.48. The van der Waals surface area contributed by atoms with Crippen molar-refractivity contribution in [1.82, 2.24) is 14.8 Å². The summed E-state index contributed by atoms with van der Waals surface area (Å²) in [6.45, 7) is 7.42. The maximum absolute atomic E-state index is 12.5. The normalized spacial score (nSPS) is 17.3. The number of fused-ring (bicyclic) bond motifs is 1. The molecule has 2 aromatic rings. The van der Waals surface area contributed by atoms with E-state index in [4.69, 9.17) is 0 Å². The van der Waals surface area contributed by atoms with Crippen molar-refractivity contribution in [3.8, 4) is 0 Å². The minimum Gasteiger partial charge on any atom is -0.302 e. The highest BCUT2D eigenvalue weighted by molar-refractivity contribution is 7.13. The molecule has 0 atom stereocenters. The molecular formula is C23H28N4O3S. The molecule has 7 nitrogen and oxygen atoms in total. The number of nitrogens with one attached hydrogen (secondary N) is 1. The van der Waals surface area contributed by atoms with Gasteiger partial charge in [0, 0.05) is 24.9 Å². The Morgan fingerprint density at radius 2 is 1.94 bits per heavy atom. The monoisotopic (exact) mass is 440 g/mol. The zero-order chi connectivity index (χ0) is 22.0. The van der Waals surface area contributed by atoms with Crippen molar-refractivity contribution in [1.29, 1.82) is 0 Å². The molecule has 1 N–H and O–H groups in total. The summed E-state index contributed by atoms with van der Waals surface area (Å²) in [5.74, 6) is 0.0870. The standard InChI is InChI=1S/C23H28N4O3S/c1-15-7-10-26(11-8-15)13-17-14-31-23(24-17)25-20(28)4-3-9-27-21(29)18-6-5-16(2)12-19(18)22(27)30/h5-6,12,14-15H,3-4,7-11,13H2,1-2H3,(H,24,25,28). The predicted octanol–water partition coefficient (Wildman–Crippen LogP) is 3.70. The number of benzene rings is 1. The zero-order valence-corrected chi connectivity index (χ0v) is 18.8. The third-order valence-corrected chi connectivity index (χ3v) is 6.78. The highest BCUT2D eigenvalue weighted by atomic mass is 32.1. The number of carbonyl (C=O) groups excluding carboxylic acids is 3. The lowest BCUT2D eigenvalue weighted by Crippen LogP contribution is -2.32. The Labute approximate surface area is 186 Å². The van der Waals surface area contributed by atoms with Gasteiger partial charge < -0.3 is 5.32 Å². The molecule has 8 heteroatoms. The van der Waals surface area contributed by atoms with Crippen LogP contribution in [0, 0.1) is 12.8 Å². The molecule has 0 bridgehead atoms. The number of imide groups is 1. The smallest absolute Gasteiger partial charge is 0.261 e. The predicted molar refractivity (Wildman–Crippen MR) is 120 cm³/mol. The van der Waals surface area contributed by atoms with Crippen molar-refractivity contribution in [2.24, 2.45) is 5.92 Å². The maximum atomic E-state index is 12.5. The minimum absolute atomic E-state index is 0.153. The van der Waals surface area contributed by atoms with Crippen LogP contribution in [0.3, 0.4) is 0 Å². The molecule has 31 heavy (non-hydrogen) atoms. The van der Waals surface area contributed by atoms with Crippen LogP contribution in [-0.4, -0.2) is 52.1 Å². The molecule has 0 aliphatic carbocycles. The van der Waals surface area contributed by atoms with E-state index >= 15 is 0 Å². The molecular weight excluding hydrogens is 412 g/mol. The summed E-state index contributed by atoms with van der Waals surface area (Å²) in [6.07, 6.45) is 3.09. The number of aryl methyl sites for hydroxylation is 1. The van der Waals surface area contributed by atoms with Gasteiger partial charge >= 0.3 is 0 Å². The van der Waals surface area contributed by atoms with Crippen molar-refractivity contribution < 1.29 is 14.4 Å². The molecule has 0 spiro atoms. The fraction of sp³-hybridized carbons (Fsp3) is 0.478. The van der Waals surface area contributed by atoms with E-state index < -0.39 is 0 Å². The first-order valence-electron chi connectivity index (χ1n) is 10.8. The van der Waals surface area contributed by atoms with Gasteiger partial charge in [0.2, 0.25) is 5.91 Å². The second-order valence-corrected chi connectivity index (χ2v) is 9.42. The van der Waals surface area contributed by atoms with E-state index in [1.54, 1.807) is 12.1 Å². The lowest BCUT2D eigenvalue weighted by Gasteiger charge is -2.29. The molecule has 0 unspecified atom stereocenters. The molecule has 3 heterocycles. The van der Waals surface area contributed by atoms with Gasteiger partial charge in [-0.1, -0.05) is 18.6 Å². The summed E-state index contributed by atoms with van der Waals surface area (Å²) in [4.78, 5) is 45.4. The van der Waals surface area contributed by atoms with Crippen molar-refractivity contribution >= 4 is 34.2 Å². The molecule has 1 aromatic heterocycles. The summed E-state index contributed by atoms with van der Waals surface area (Å²) in [5.41, 5.74) is 2.82. The van der Waals surface area contributed by atoms with Gasteiger partial charge in [-0.05, 0) is 57.3 Å². The first-order chi connectivity index (χ1) is 14.9. The first kappa shape index (κ1) is 21.6. The average molecular weight is 441 g/mol. The fourth-order valence-corrected chi connectivity index (χ4v) is 4.79. The summed E-state index contributed by atoms with van der Waals surface area (Å²) >= 11 is 1.43. The van der Waals surface area contributed by atoms with E-state index in [1.165, 1.54) is 29.1 Å². The first-order valence-corrected chi connectivity index (χ1v) is 11.7. The van der Waals surface area contributed by atoms with Crippen LogP contribution in [-0.2, 0) is 11.3 Å². The summed E-state index contributed by atoms with van der Waals surface area (Å²) in [6, 6.07) is 5.27. The van der Waals surface area contributed by atoms with E-state index in [1.807, 2.05) is 18.4 Å². The lowest BCUT2D eigenvalue weighted by atomic mass is 9.99. The number of carbonyl (C=O) groups is 3. The Morgan fingerprint density at radius 3 is 2.71 bits per heavy atom. The molecule has 3 amide bonds. The Morgan fingerprint density at radius 1 is 1.19 bits per heavy atom. The van der Waals surface area contributed by atoms with Crippen LogP contribution >= 0.6 is 11.3 Å². The van der Waals surface area contributed by atoms with Gasteiger partial charge in [0.25, 0.3) is 11.8 Å². The second kappa shape index (κ2) is 9.28. The van der Waals surface area contributed by atoms with E-state index in [9.17, 15) is 14.4 Å². The Balaban J connectivity index is 1.23. The van der Waals surface area contributed by atoms with E-state index in [0.29, 0.717) is 22.7 Å². The number of piperidine rings is 1. The fourth-order valence-electron chi connectivity index (χ4n) is 4.07. The number of aromatic nitrogens is 1. The number of hydrogen-bond acceptors (Lipinski definition) is 6. The van der Waals surface area contributed by atoms with Crippen LogP contribution < -0.4 is 5.32 Å². The maximum Gasteiger partial charge on any atom is 0.261 e. The minimum atomic E-state index is -0.280. The van der Waals surface area contributed by atoms with Crippen LogP contribution in [0.1, 0.15) is 64.6 Å². The van der Waals surface area contributed by atoms with Gasteiger partial charge in [0.15, 0.2) is 5.13 Å². The van der Waals surface area contributed by atoms with Crippen molar-refractivity contribution in [2.45, 2.75) is 46.1 Å². The number of rotatable bonds is 7. The van der Waals surface area contributed by atoms with E-state index in [2.05, 4.69) is 22.1 Å². The summed E-state index contributed by atoms with van der Waals surface area (Å²) in [5, 5.41) is 5.43. The number of anilines is 1. The lowest BCUT2D eigenvalue weighted by molar-refractivity contribution is -0.116. The van der Waals surface area contributed by atoms with Crippen LogP contribution in [0.2, 0.25) is 0 Å². The molecule has 2 aliphatic heterocycles. The van der Waals surface area contributed by atoms with Gasteiger partial charge in [-0.15, -0.1) is 11.3 Å². The number of amides is 3. The Hall–Kier alpha value is -2.58. The molecule has 0 radical (unpaired) electrons. The second-order valence-electron chi connectivity index (χ2n) is 8.57. The quantitative estimate of drug-likeness (QED) is 0.664. The van der Waals surface area contributed by atoms with Crippen LogP contribution in [0.4, 0.5) is 5.13 Å².